The van der Waals surface area contributed by atoms with Crippen LogP contribution in [0.3, 0.4) is 0 Å². The lowest BCUT2D eigenvalue weighted by Crippen LogP contribution is -2.15. The molecule has 1 N–H and O–H groups in total. The zero-order valence-corrected chi connectivity index (χ0v) is 17.9. The number of hydrogen-bond acceptors (Lipinski definition) is 4. The number of amides is 1. The number of rotatable bonds is 9. The number of carbonyl (C=O) groups excluding carboxylic acids is 1. The Hall–Kier alpha value is -2.05. The van der Waals surface area contributed by atoms with Crippen LogP contribution >= 0.6 is 15.9 Å². The van der Waals surface area contributed by atoms with Crippen molar-refractivity contribution >= 4 is 27.5 Å². The third-order valence-electron chi connectivity index (χ3n) is 4.00. The van der Waals surface area contributed by atoms with Gasteiger partial charge >= 0.3 is 0 Å². The van der Waals surface area contributed by atoms with Crippen LogP contribution in [0.15, 0.2) is 40.9 Å². The molecule has 0 aliphatic heterocycles. The summed E-state index contributed by atoms with van der Waals surface area (Å²) in [6.07, 6.45) is 1.87. The number of halogens is 1. The molecule has 146 valence electrons. The molecule has 0 aromatic heterocycles. The lowest BCUT2D eigenvalue weighted by molar-refractivity contribution is 0.102. The molecule has 6 heteroatoms. The van der Waals surface area contributed by atoms with E-state index in [0.717, 1.165) is 25.1 Å². The van der Waals surface area contributed by atoms with E-state index in [1.54, 1.807) is 19.2 Å². The Kier molecular flexibility index (Phi) is 8.13. The van der Waals surface area contributed by atoms with Crippen LogP contribution in [0.5, 0.6) is 11.5 Å². The molecule has 5 nitrogen and oxygen atoms in total. The Morgan fingerprint density at radius 2 is 1.89 bits per heavy atom. The molecular weight excluding hydrogens is 408 g/mol. The summed E-state index contributed by atoms with van der Waals surface area (Å²) in [5.74, 6) is 0.945. The molecule has 27 heavy (non-hydrogen) atoms. The summed E-state index contributed by atoms with van der Waals surface area (Å²) >= 11 is 3.47. The van der Waals surface area contributed by atoms with Crippen LogP contribution in [-0.2, 0) is 6.42 Å². The predicted molar refractivity (Wildman–Crippen MR) is 113 cm³/mol. The molecule has 0 atom stereocenters. The molecule has 0 aliphatic carbocycles. The summed E-state index contributed by atoms with van der Waals surface area (Å²) in [4.78, 5) is 14.8. The minimum absolute atomic E-state index is 0.197. The van der Waals surface area contributed by atoms with Gasteiger partial charge in [0.15, 0.2) is 11.5 Å². The van der Waals surface area contributed by atoms with E-state index in [1.807, 2.05) is 31.2 Å². The van der Waals surface area contributed by atoms with E-state index in [4.69, 9.17) is 9.47 Å². The number of nitrogens with one attached hydrogen (secondary N) is 1. The average Bonchev–Trinajstić information content (AvgIpc) is 2.65. The Labute approximate surface area is 169 Å². The van der Waals surface area contributed by atoms with Crippen molar-refractivity contribution in [2.75, 3.05) is 39.7 Å². The standard InChI is InChI=1S/C21H27BrN2O3/c1-5-12-27-20-18(22)13-16(14-19(20)26-4)21(25)23-17-8-6-15(7-9-17)10-11-24(2)3/h6-9,13-14H,5,10-12H2,1-4H3,(H,23,25). The van der Waals surface area contributed by atoms with Gasteiger partial charge in [0, 0.05) is 17.8 Å². The molecule has 0 fully saturated rings. The Balaban J connectivity index is 2.10. The first-order chi connectivity index (χ1) is 12.9. The number of ether oxygens (including phenoxy) is 2. The van der Waals surface area contributed by atoms with Gasteiger partial charge in [0.05, 0.1) is 18.2 Å². The smallest absolute Gasteiger partial charge is 0.255 e. The lowest BCUT2D eigenvalue weighted by atomic mass is 10.1. The second kappa shape index (κ2) is 10.3. The molecule has 0 heterocycles. The Bertz CT molecular complexity index is 761. The van der Waals surface area contributed by atoms with Crippen molar-refractivity contribution in [1.82, 2.24) is 4.90 Å². The van der Waals surface area contributed by atoms with Gasteiger partial charge in [-0.1, -0.05) is 19.1 Å². The minimum Gasteiger partial charge on any atom is -0.493 e. The molecule has 0 aliphatic rings. The fourth-order valence-corrected chi connectivity index (χ4v) is 3.06. The monoisotopic (exact) mass is 434 g/mol. The zero-order chi connectivity index (χ0) is 19.8. The highest BCUT2D eigenvalue weighted by atomic mass is 79.9. The molecule has 0 saturated carbocycles. The highest BCUT2D eigenvalue weighted by Crippen LogP contribution is 2.37. The maximum absolute atomic E-state index is 12.6. The quantitative estimate of drug-likeness (QED) is 0.626. The van der Waals surface area contributed by atoms with Crippen LogP contribution in [0.1, 0.15) is 29.3 Å². The van der Waals surface area contributed by atoms with Gasteiger partial charge in [-0.3, -0.25) is 4.79 Å². The van der Waals surface area contributed by atoms with E-state index in [1.165, 1.54) is 5.56 Å². The van der Waals surface area contributed by atoms with Gasteiger partial charge in [0.25, 0.3) is 5.91 Å². The van der Waals surface area contributed by atoms with Gasteiger partial charge in [-0.2, -0.15) is 0 Å². The largest absolute Gasteiger partial charge is 0.493 e. The van der Waals surface area contributed by atoms with Crippen LogP contribution in [0.4, 0.5) is 5.69 Å². The summed E-state index contributed by atoms with van der Waals surface area (Å²) < 4.78 is 11.8. The van der Waals surface area contributed by atoms with Crippen molar-refractivity contribution < 1.29 is 14.3 Å². The van der Waals surface area contributed by atoms with Crippen molar-refractivity contribution in [2.45, 2.75) is 19.8 Å². The fourth-order valence-electron chi connectivity index (χ4n) is 2.51. The number of benzene rings is 2. The second-order valence-corrected chi connectivity index (χ2v) is 7.40. The van der Waals surface area contributed by atoms with E-state index in [9.17, 15) is 4.79 Å². The molecular formula is C21H27BrN2O3. The third-order valence-corrected chi connectivity index (χ3v) is 4.59. The molecule has 0 saturated heterocycles. The number of likely N-dealkylation sites (N-methyl/N-ethyl adjacent to an activating group) is 1. The summed E-state index contributed by atoms with van der Waals surface area (Å²) in [6.45, 7) is 3.61. The number of methoxy groups -OCH3 is 1. The normalized spacial score (nSPS) is 10.7. The molecule has 2 aromatic rings. The maximum atomic E-state index is 12.6. The van der Waals surface area contributed by atoms with Crippen LogP contribution in [-0.4, -0.2) is 45.2 Å². The topological polar surface area (TPSA) is 50.8 Å². The van der Waals surface area contributed by atoms with Crippen LogP contribution in [0, 0.1) is 0 Å². The highest BCUT2D eigenvalue weighted by Gasteiger charge is 2.16. The van der Waals surface area contributed by atoms with Crippen molar-refractivity contribution in [3.63, 3.8) is 0 Å². The fraction of sp³-hybridized carbons (Fsp3) is 0.381. The first-order valence-corrected chi connectivity index (χ1v) is 9.79. The van der Waals surface area contributed by atoms with E-state index in [0.29, 0.717) is 28.1 Å². The van der Waals surface area contributed by atoms with Gasteiger partial charge in [0.2, 0.25) is 0 Å². The van der Waals surface area contributed by atoms with Crippen LogP contribution in [0.25, 0.3) is 0 Å². The van der Waals surface area contributed by atoms with Gasteiger partial charge in [-0.05, 0) is 72.7 Å². The minimum atomic E-state index is -0.197. The lowest BCUT2D eigenvalue weighted by Gasteiger charge is -2.14. The number of nitrogens with zero attached hydrogens (tertiary/aromatic N) is 1. The SMILES string of the molecule is CCCOc1c(Br)cc(C(=O)Nc2ccc(CCN(C)C)cc2)cc1OC. The Morgan fingerprint density at radius 3 is 2.48 bits per heavy atom. The van der Waals surface area contributed by atoms with Crippen LogP contribution < -0.4 is 14.8 Å². The predicted octanol–water partition coefficient (Wildman–Crippen LogP) is 4.60. The summed E-state index contributed by atoms with van der Waals surface area (Å²) in [6, 6.07) is 11.4. The number of anilines is 1. The molecule has 0 radical (unpaired) electrons. The zero-order valence-electron chi connectivity index (χ0n) is 16.3. The molecule has 0 bridgehead atoms. The second-order valence-electron chi connectivity index (χ2n) is 6.54. The first-order valence-electron chi connectivity index (χ1n) is 9.00. The van der Waals surface area contributed by atoms with Gasteiger partial charge in [-0.15, -0.1) is 0 Å². The molecule has 2 aromatic carbocycles. The molecule has 1 amide bonds. The van der Waals surface area contributed by atoms with E-state index in [-0.39, 0.29) is 5.91 Å². The maximum Gasteiger partial charge on any atom is 0.255 e. The van der Waals surface area contributed by atoms with Crippen molar-refractivity contribution in [3.05, 3.63) is 52.0 Å². The summed E-state index contributed by atoms with van der Waals surface area (Å²) in [5, 5.41) is 2.92. The average molecular weight is 435 g/mol. The number of carbonyl (C=O) groups is 1. The van der Waals surface area contributed by atoms with Crippen molar-refractivity contribution in [1.29, 1.82) is 0 Å². The van der Waals surface area contributed by atoms with Gasteiger partial charge < -0.3 is 19.7 Å². The van der Waals surface area contributed by atoms with E-state index >= 15 is 0 Å². The Morgan fingerprint density at radius 1 is 1.19 bits per heavy atom. The van der Waals surface area contributed by atoms with Gasteiger partial charge in [0.1, 0.15) is 0 Å². The third kappa shape index (κ3) is 6.26. The first kappa shape index (κ1) is 21.3. The molecule has 2 rings (SSSR count). The molecule has 0 unspecified atom stereocenters. The van der Waals surface area contributed by atoms with Crippen LogP contribution in [0.2, 0.25) is 0 Å². The molecule has 0 spiro atoms. The van der Waals surface area contributed by atoms with Crippen molar-refractivity contribution in [3.8, 4) is 11.5 Å². The van der Waals surface area contributed by atoms with E-state index in [2.05, 4.69) is 40.2 Å². The van der Waals surface area contributed by atoms with E-state index < -0.39 is 0 Å². The van der Waals surface area contributed by atoms with Gasteiger partial charge in [-0.25, -0.2) is 0 Å². The summed E-state index contributed by atoms with van der Waals surface area (Å²) in [7, 11) is 5.67. The highest BCUT2D eigenvalue weighted by molar-refractivity contribution is 9.10. The summed E-state index contributed by atoms with van der Waals surface area (Å²) in [5.41, 5.74) is 2.50. The number of hydrogen-bond donors (Lipinski definition) is 1. The van der Waals surface area contributed by atoms with Crippen molar-refractivity contribution in [2.24, 2.45) is 0 Å².